The number of carbonyl (C=O) groups excluding carboxylic acids is 1. The van der Waals surface area contributed by atoms with Crippen LogP contribution in [0.5, 0.6) is 0 Å². The Balaban J connectivity index is 1.27. The molecule has 1 aliphatic heterocycles. The smallest absolute Gasteiger partial charge is 0.150 e. The lowest BCUT2D eigenvalue weighted by atomic mass is 9.49. The molecule has 1 unspecified atom stereocenters. The first-order valence-electron chi connectivity index (χ1n) is 12.9. The van der Waals surface area contributed by atoms with Gasteiger partial charge >= 0.3 is 0 Å². The topological polar surface area (TPSA) is 49.8 Å². The lowest BCUT2D eigenvalue weighted by Crippen LogP contribution is -2.52. The van der Waals surface area contributed by atoms with Crippen molar-refractivity contribution in [2.45, 2.75) is 90.3 Å². The van der Waals surface area contributed by atoms with Crippen LogP contribution in [0, 0.1) is 40.9 Å². The molecule has 4 saturated carbocycles. The Morgan fingerprint density at radius 2 is 1.83 bits per heavy atom. The van der Waals surface area contributed by atoms with Crippen molar-refractivity contribution in [2.75, 3.05) is 26.2 Å². The van der Waals surface area contributed by atoms with E-state index in [9.17, 15) is 9.90 Å². The first-order valence-corrected chi connectivity index (χ1v) is 12.9. The zero-order valence-corrected chi connectivity index (χ0v) is 19.4. The summed E-state index contributed by atoms with van der Waals surface area (Å²) in [6.45, 7) is 9.84. The van der Waals surface area contributed by atoms with Crippen molar-refractivity contribution >= 4 is 5.78 Å². The van der Waals surface area contributed by atoms with Crippen molar-refractivity contribution in [1.82, 2.24) is 4.90 Å². The van der Waals surface area contributed by atoms with Gasteiger partial charge in [0.15, 0.2) is 0 Å². The second-order valence-corrected chi connectivity index (χ2v) is 12.2. The quantitative estimate of drug-likeness (QED) is 0.744. The van der Waals surface area contributed by atoms with Crippen LogP contribution in [0.1, 0.15) is 78.6 Å². The number of Topliss-reactive ketones (excluding diaryl/α,β-unsaturated/α-hetero) is 1. The molecule has 4 heteroatoms. The largest absolute Gasteiger partial charge is 0.390 e. The van der Waals surface area contributed by atoms with Crippen molar-refractivity contribution in [3.8, 4) is 0 Å². The molecule has 1 N–H and O–H groups in total. The van der Waals surface area contributed by atoms with Gasteiger partial charge in [-0.05, 0) is 107 Å². The molecule has 5 fully saturated rings. The van der Waals surface area contributed by atoms with Crippen molar-refractivity contribution in [1.29, 1.82) is 0 Å². The van der Waals surface area contributed by atoms with E-state index in [0.717, 1.165) is 68.5 Å². The van der Waals surface area contributed by atoms with E-state index in [4.69, 9.17) is 4.74 Å². The average Bonchev–Trinajstić information content (AvgIpc) is 3.04. The van der Waals surface area contributed by atoms with Crippen LogP contribution in [0.4, 0.5) is 0 Å². The highest BCUT2D eigenvalue weighted by Crippen LogP contribution is 2.64. The molecule has 1 saturated heterocycles. The van der Waals surface area contributed by atoms with Crippen LogP contribution in [0.25, 0.3) is 0 Å². The summed E-state index contributed by atoms with van der Waals surface area (Å²) in [6.07, 6.45) is 11.1. The summed E-state index contributed by atoms with van der Waals surface area (Å²) in [5.74, 6) is 4.78. The van der Waals surface area contributed by atoms with E-state index in [1.165, 1.54) is 38.5 Å². The number of rotatable bonds is 3. The lowest BCUT2D eigenvalue weighted by Gasteiger charge is -2.57. The third-order valence-corrected chi connectivity index (χ3v) is 10.3. The Morgan fingerprint density at radius 3 is 2.63 bits per heavy atom. The van der Waals surface area contributed by atoms with E-state index in [0.29, 0.717) is 12.3 Å². The van der Waals surface area contributed by atoms with E-state index >= 15 is 0 Å². The van der Waals surface area contributed by atoms with Crippen molar-refractivity contribution in [3.05, 3.63) is 0 Å². The van der Waals surface area contributed by atoms with Crippen LogP contribution in [0.15, 0.2) is 0 Å². The number of aliphatic hydroxyl groups is 1. The summed E-state index contributed by atoms with van der Waals surface area (Å²) >= 11 is 0. The molecule has 9 atom stereocenters. The SMILES string of the molecule is C[C@@H]1CN(CC(=O)[C@H]2CCC3[C@@H]4CC[C@@H]5C[C@](C)(O)CC[C@@H]5[C@H]4CC[C@@]32C)CCO1. The molecule has 0 amide bonds. The predicted molar refractivity (Wildman–Crippen MR) is 118 cm³/mol. The van der Waals surface area contributed by atoms with Crippen LogP contribution in [-0.4, -0.2) is 53.7 Å². The number of ketones is 1. The minimum absolute atomic E-state index is 0.225. The molecular formula is C26H43NO3. The molecule has 0 aromatic carbocycles. The number of hydrogen-bond acceptors (Lipinski definition) is 4. The zero-order valence-electron chi connectivity index (χ0n) is 19.4. The van der Waals surface area contributed by atoms with Gasteiger partial charge in [0.05, 0.1) is 24.9 Å². The summed E-state index contributed by atoms with van der Waals surface area (Å²) in [7, 11) is 0. The molecule has 30 heavy (non-hydrogen) atoms. The normalized spacial score (nSPS) is 51.7. The highest BCUT2D eigenvalue weighted by molar-refractivity contribution is 5.84. The van der Waals surface area contributed by atoms with E-state index in [2.05, 4.69) is 25.7 Å². The molecule has 0 bridgehead atoms. The molecule has 0 radical (unpaired) electrons. The number of ether oxygens (including phenoxy) is 1. The Morgan fingerprint density at radius 1 is 1.03 bits per heavy atom. The average molecular weight is 418 g/mol. The Kier molecular flexibility index (Phi) is 5.60. The van der Waals surface area contributed by atoms with Crippen LogP contribution in [-0.2, 0) is 9.53 Å². The van der Waals surface area contributed by atoms with Crippen LogP contribution in [0.2, 0.25) is 0 Å². The van der Waals surface area contributed by atoms with Gasteiger partial charge in [0, 0.05) is 19.0 Å². The summed E-state index contributed by atoms with van der Waals surface area (Å²) in [5.41, 5.74) is -0.206. The van der Waals surface area contributed by atoms with Crippen LogP contribution in [0.3, 0.4) is 0 Å². The summed E-state index contributed by atoms with van der Waals surface area (Å²) in [4.78, 5) is 15.8. The standard InChI is InChI=1S/C26H43NO3/c1-17-15-27(12-13-30-17)16-24(28)23-7-6-22-21-5-4-18-14-25(2,29)10-8-19(18)20(21)9-11-26(22,23)3/h17-23,29H,4-16H2,1-3H3/t17-,18-,19+,20-,21-,22?,23-,25-,26+/m1/s1. The van der Waals surface area contributed by atoms with E-state index < -0.39 is 5.60 Å². The fourth-order valence-electron chi connectivity index (χ4n) is 8.98. The number of carbonyl (C=O) groups is 1. The highest BCUT2D eigenvalue weighted by Gasteiger charge is 2.58. The molecule has 4 aliphatic carbocycles. The molecule has 5 aliphatic rings. The maximum absolute atomic E-state index is 13.4. The molecule has 0 aromatic rings. The third-order valence-electron chi connectivity index (χ3n) is 10.3. The minimum atomic E-state index is -0.432. The first kappa shape index (κ1) is 21.4. The van der Waals surface area contributed by atoms with Gasteiger partial charge in [-0.15, -0.1) is 0 Å². The number of nitrogens with zero attached hydrogens (tertiary/aromatic N) is 1. The van der Waals surface area contributed by atoms with Crippen molar-refractivity contribution in [3.63, 3.8) is 0 Å². The van der Waals surface area contributed by atoms with E-state index in [1.54, 1.807) is 0 Å². The maximum Gasteiger partial charge on any atom is 0.150 e. The molecular weight excluding hydrogens is 374 g/mol. The number of morpholine rings is 1. The highest BCUT2D eigenvalue weighted by atomic mass is 16.5. The van der Waals surface area contributed by atoms with E-state index in [-0.39, 0.29) is 17.4 Å². The van der Waals surface area contributed by atoms with Crippen molar-refractivity contribution in [2.24, 2.45) is 40.9 Å². The molecule has 0 spiro atoms. The van der Waals surface area contributed by atoms with Crippen molar-refractivity contribution < 1.29 is 14.6 Å². The first-order chi connectivity index (χ1) is 14.3. The van der Waals surface area contributed by atoms with Gasteiger partial charge < -0.3 is 9.84 Å². The molecule has 4 nitrogen and oxygen atoms in total. The Bertz CT molecular complexity index is 663. The zero-order chi connectivity index (χ0) is 21.1. The second kappa shape index (κ2) is 7.85. The van der Waals surface area contributed by atoms with Crippen LogP contribution < -0.4 is 0 Å². The van der Waals surface area contributed by atoms with Gasteiger partial charge in [-0.3, -0.25) is 9.69 Å². The fourth-order valence-corrected chi connectivity index (χ4v) is 8.98. The fraction of sp³-hybridized carbons (Fsp3) is 0.962. The second-order valence-electron chi connectivity index (χ2n) is 12.2. The lowest BCUT2D eigenvalue weighted by molar-refractivity contribution is -0.134. The summed E-state index contributed by atoms with van der Waals surface area (Å²) in [6, 6.07) is 0. The Labute approximate surface area is 183 Å². The third kappa shape index (κ3) is 3.69. The maximum atomic E-state index is 13.4. The molecule has 170 valence electrons. The van der Waals surface area contributed by atoms with E-state index in [1.807, 2.05) is 0 Å². The van der Waals surface area contributed by atoms with Gasteiger partial charge in [-0.25, -0.2) is 0 Å². The molecule has 0 aromatic heterocycles. The summed E-state index contributed by atoms with van der Waals surface area (Å²) < 4.78 is 5.67. The predicted octanol–water partition coefficient (Wildman–Crippen LogP) is 4.30. The van der Waals surface area contributed by atoms with Gasteiger partial charge in [-0.1, -0.05) is 6.92 Å². The molecule has 1 heterocycles. The van der Waals surface area contributed by atoms with Crippen LogP contribution >= 0.6 is 0 Å². The summed E-state index contributed by atoms with van der Waals surface area (Å²) in [5, 5.41) is 10.6. The van der Waals surface area contributed by atoms with Gasteiger partial charge in [0.25, 0.3) is 0 Å². The monoisotopic (exact) mass is 417 g/mol. The Hall–Kier alpha value is -0.450. The van der Waals surface area contributed by atoms with Gasteiger partial charge in [0.2, 0.25) is 0 Å². The van der Waals surface area contributed by atoms with Gasteiger partial charge in [-0.2, -0.15) is 0 Å². The number of fused-ring (bicyclic) bond motifs is 5. The molecule has 5 rings (SSSR count). The van der Waals surface area contributed by atoms with Gasteiger partial charge in [0.1, 0.15) is 5.78 Å². The number of hydrogen-bond donors (Lipinski definition) is 1. The minimum Gasteiger partial charge on any atom is -0.390 e.